The average molecular weight is 385 g/mol. The van der Waals surface area contributed by atoms with E-state index in [1.54, 1.807) is 4.57 Å². The highest BCUT2D eigenvalue weighted by atomic mass is 16.7. The van der Waals surface area contributed by atoms with Gasteiger partial charge in [-0.15, -0.1) is 0 Å². The number of benzene rings is 1. The Bertz CT molecular complexity index is 963. The molecule has 10 nitrogen and oxygen atoms in total. The SMILES string of the molecule is Nc1ncnc2c1ncn2[C@@H]1C[C@@H](OC(=O)OCc2ccccc2)[C@H](CO)O1. The van der Waals surface area contributed by atoms with Crippen LogP contribution in [0, 0.1) is 0 Å². The first-order chi connectivity index (χ1) is 13.7. The Morgan fingerprint density at radius 1 is 1.29 bits per heavy atom. The Kier molecular flexibility index (Phi) is 5.04. The molecule has 0 radical (unpaired) electrons. The summed E-state index contributed by atoms with van der Waals surface area (Å²) in [5, 5.41) is 9.60. The molecule has 0 saturated carbocycles. The molecule has 0 amide bonds. The van der Waals surface area contributed by atoms with Gasteiger partial charge in [-0.2, -0.15) is 0 Å². The molecule has 2 aromatic heterocycles. The van der Waals surface area contributed by atoms with Crippen molar-refractivity contribution in [1.82, 2.24) is 19.5 Å². The molecule has 0 aliphatic carbocycles. The molecule has 28 heavy (non-hydrogen) atoms. The van der Waals surface area contributed by atoms with Gasteiger partial charge in [0.05, 0.1) is 12.9 Å². The molecule has 1 fully saturated rings. The minimum Gasteiger partial charge on any atom is -0.429 e. The van der Waals surface area contributed by atoms with Crippen molar-refractivity contribution in [1.29, 1.82) is 0 Å². The number of hydrogen-bond donors (Lipinski definition) is 2. The van der Waals surface area contributed by atoms with E-state index in [9.17, 15) is 9.90 Å². The Labute approximate surface area is 159 Å². The zero-order chi connectivity index (χ0) is 19.5. The quantitative estimate of drug-likeness (QED) is 0.625. The van der Waals surface area contributed by atoms with Crippen molar-refractivity contribution in [2.24, 2.45) is 0 Å². The normalized spacial score (nSPS) is 21.7. The molecule has 0 bridgehead atoms. The van der Waals surface area contributed by atoms with E-state index in [1.807, 2.05) is 30.3 Å². The summed E-state index contributed by atoms with van der Waals surface area (Å²) in [7, 11) is 0. The Morgan fingerprint density at radius 2 is 2.11 bits per heavy atom. The van der Waals surface area contributed by atoms with E-state index in [0.717, 1.165) is 5.56 Å². The van der Waals surface area contributed by atoms with Crippen molar-refractivity contribution in [2.45, 2.75) is 31.5 Å². The van der Waals surface area contributed by atoms with Crippen LogP contribution in [0.3, 0.4) is 0 Å². The van der Waals surface area contributed by atoms with E-state index in [-0.39, 0.29) is 19.0 Å². The molecule has 146 valence electrons. The van der Waals surface area contributed by atoms with Crippen LogP contribution in [0.1, 0.15) is 18.2 Å². The molecule has 1 aromatic carbocycles. The molecule has 3 N–H and O–H groups in total. The summed E-state index contributed by atoms with van der Waals surface area (Å²) in [6.45, 7) is -0.209. The lowest BCUT2D eigenvalue weighted by Gasteiger charge is -2.16. The van der Waals surface area contributed by atoms with E-state index < -0.39 is 24.6 Å². The third-order valence-electron chi connectivity index (χ3n) is 4.50. The standard InChI is InChI=1S/C18H19N5O5/c19-16-15-17(21-9-20-16)23(10-22-15)14-6-12(13(7-24)27-14)28-18(25)26-8-11-4-2-1-3-5-11/h1-5,9-10,12-14,24H,6-8H2,(H2,19,20,21)/t12-,13+,14+/m1/s1. The Hall–Kier alpha value is -3.24. The first-order valence-electron chi connectivity index (χ1n) is 8.72. The zero-order valence-electron chi connectivity index (χ0n) is 14.8. The second-order valence-electron chi connectivity index (χ2n) is 6.31. The van der Waals surface area contributed by atoms with Crippen LogP contribution >= 0.6 is 0 Å². The van der Waals surface area contributed by atoms with E-state index in [4.69, 9.17) is 19.9 Å². The number of fused-ring (bicyclic) bond motifs is 1. The zero-order valence-corrected chi connectivity index (χ0v) is 14.8. The molecule has 0 spiro atoms. The van der Waals surface area contributed by atoms with Gasteiger partial charge in [-0.05, 0) is 5.56 Å². The highest BCUT2D eigenvalue weighted by Crippen LogP contribution is 2.33. The lowest BCUT2D eigenvalue weighted by molar-refractivity contribution is -0.0564. The summed E-state index contributed by atoms with van der Waals surface area (Å²) >= 11 is 0. The topological polar surface area (TPSA) is 135 Å². The fourth-order valence-electron chi connectivity index (χ4n) is 3.11. The van der Waals surface area contributed by atoms with Crippen LogP contribution in [0.2, 0.25) is 0 Å². The minimum absolute atomic E-state index is 0.100. The second-order valence-corrected chi connectivity index (χ2v) is 6.31. The van der Waals surface area contributed by atoms with Crippen LogP contribution in [0.4, 0.5) is 10.6 Å². The van der Waals surface area contributed by atoms with Crippen LogP contribution in [0.25, 0.3) is 11.2 Å². The predicted molar refractivity (Wildman–Crippen MR) is 96.8 cm³/mol. The highest BCUT2D eigenvalue weighted by molar-refractivity contribution is 5.81. The molecule has 3 aromatic rings. The smallest absolute Gasteiger partial charge is 0.429 e. The van der Waals surface area contributed by atoms with Crippen LogP contribution in [-0.2, 0) is 20.8 Å². The number of aliphatic hydroxyl groups is 1. The number of carbonyl (C=O) groups excluding carboxylic acids is 1. The fourth-order valence-corrected chi connectivity index (χ4v) is 3.11. The monoisotopic (exact) mass is 385 g/mol. The number of hydrogen-bond acceptors (Lipinski definition) is 9. The van der Waals surface area contributed by atoms with Gasteiger partial charge in [-0.25, -0.2) is 19.7 Å². The van der Waals surface area contributed by atoms with E-state index in [0.29, 0.717) is 17.6 Å². The van der Waals surface area contributed by atoms with Crippen molar-refractivity contribution >= 4 is 23.1 Å². The van der Waals surface area contributed by atoms with Gasteiger partial charge in [0.1, 0.15) is 36.9 Å². The maximum atomic E-state index is 12.0. The first-order valence-corrected chi connectivity index (χ1v) is 8.72. The second kappa shape index (κ2) is 7.79. The van der Waals surface area contributed by atoms with Crippen molar-refractivity contribution in [3.63, 3.8) is 0 Å². The molecule has 4 rings (SSSR count). The number of imidazole rings is 1. The third-order valence-corrected chi connectivity index (χ3v) is 4.50. The summed E-state index contributed by atoms with van der Waals surface area (Å²) in [5.74, 6) is 0.262. The van der Waals surface area contributed by atoms with Gasteiger partial charge in [0.25, 0.3) is 0 Å². The number of aliphatic hydroxyl groups excluding tert-OH is 1. The summed E-state index contributed by atoms with van der Waals surface area (Å²) < 4.78 is 18.0. The number of rotatable bonds is 5. The molecule has 0 unspecified atom stereocenters. The maximum Gasteiger partial charge on any atom is 0.508 e. The molecule has 1 aliphatic heterocycles. The van der Waals surface area contributed by atoms with Crippen molar-refractivity contribution in [3.8, 4) is 0 Å². The van der Waals surface area contributed by atoms with Gasteiger partial charge < -0.3 is 25.1 Å². The van der Waals surface area contributed by atoms with Crippen molar-refractivity contribution < 1.29 is 24.1 Å². The van der Waals surface area contributed by atoms with Gasteiger partial charge in [-0.3, -0.25) is 4.57 Å². The van der Waals surface area contributed by atoms with Crippen LogP contribution in [0.5, 0.6) is 0 Å². The number of carbonyl (C=O) groups is 1. The Balaban J connectivity index is 1.42. The first kappa shape index (κ1) is 18.1. The number of anilines is 1. The summed E-state index contributed by atoms with van der Waals surface area (Å²) in [4.78, 5) is 24.3. The number of nitrogen functional groups attached to an aromatic ring is 1. The molecule has 10 heteroatoms. The predicted octanol–water partition coefficient (Wildman–Crippen LogP) is 1.41. The van der Waals surface area contributed by atoms with E-state index >= 15 is 0 Å². The van der Waals surface area contributed by atoms with E-state index in [2.05, 4.69) is 15.0 Å². The number of aromatic nitrogens is 4. The largest absolute Gasteiger partial charge is 0.508 e. The van der Waals surface area contributed by atoms with E-state index in [1.165, 1.54) is 12.7 Å². The highest BCUT2D eigenvalue weighted by Gasteiger charge is 2.39. The van der Waals surface area contributed by atoms with Gasteiger partial charge >= 0.3 is 6.16 Å². The molecule has 1 aliphatic rings. The van der Waals surface area contributed by atoms with Gasteiger partial charge in [0, 0.05) is 6.42 Å². The number of nitrogens with zero attached hydrogens (tertiary/aromatic N) is 4. The molecular formula is C18H19N5O5. The lowest BCUT2D eigenvalue weighted by Crippen LogP contribution is -2.30. The molecule has 1 saturated heterocycles. The summed E-state index contributed by atoms with van der Waals surface area (Å²) in [6, 6.07) is 9.27. The number of ether oxygens (including phenoxy) is 3. The summed E-state index contributed by atoms with van der Waals surface area (Å²) in [5.41, 5.74) is 7.61. The van der Waals surface area contributed by atoms with Crippen LogP contribution in [-0.4, -0.2) is 49.6 Å². The molecular weight excluding hydrogens is 366 g/mol. The van der Waals surface area contributed by atoms with Crippen LogP contribution < -0.4 is 5.73 Å². The third kappa shape index (κ3) is 3.59. The van der Waals surface area contributed by atoms with Gasteiger partial charge in [0.2, 0.25) is 0 Å². The van der Waals surface area contributed by atoms with Crippen molar-refractivity contribution in [3.05, 3.63) is 48.5 Å². The average Bonchev–Trinajstić information content (AvgIpc) is 3.32. The summed E-state index contributed by atoms with van der Waals surface area (Å²) in [6.07, 6.45) is 0.470. The maximum absolute atomic E-state index is 12.0. The molecule has 3 heterocycles. The van der Waals surface area contributed by atoms with Crippen molar-refractivity contribution in [2.75, 3.05) is 12.3 Å². The van der Waals surface area contributed by atoms with Crippen LogP contribution in [0.15, 0.2) is 43.0 Å². The fraction of sp³-hybridized carbons (Fsp3) is 0.333. The minimum atomic E-state index is -0.821. The lowest BCUT2D eigenvalue weighted by atomic mass is 10.2. The van der Waals surface area contributed by atoms with Gasteiger partial charge in [0.15, 0.2) is 11.5 Å². The Morgan fingerprint density at radius 3 is 2.89 bits per heavy atom. The molecule has 3 atom stereocenters. The number of nitrogens with two attached hydrogens (primary N) is 1. The van der Waals surface area contributed by atoms with Gasteiger partial charge in [-0.1, -0.05) is 30.3 Å².